The third-order valence-electron chi connectivity index (χ3n) is 3.28. The van der Waals surface area contributed by atoms with Crippen molar-refractivity contribution in [3.05, 3.63) is 52.0 Å². The number of phenols is 1. The van der Waals surface area contributed by atoms with Crippen LogP contribution in [0.1, 0.15) is 23.6 Å². The SMILES string of the molecule is CCOc1ccc(Cl)cc1NCc1cc(C)c(O)c(C)c1. The fourth-order valence-corrected chi connectivity index (χ4v) is 2.44. The molecule has 0 amide bonds. The zero-order chi connectivity index (χ0) is 15.4. The Hall–Kier alpha value is -1.87. The molecule has 3 nitrogen and oxygen atoms in total. The van der Waals surface area contributed by atoms with E-state index in [1.807, 2.05) is 51.1 Å². The predicted octanol–water partition coefficient (Wildman–Crippen LogP) is 4.67. The highest BCUT2D eigenvalue weighted by atomic mass is 35.5. The lowest BCUT2D eigenvalue weighted by Crippen LogP contribution is -2.03. The fraction of sp³-hybridized carbons (Fsp3) is 0.294. The smallest absolute Gasteiger partial charge is 0.142 e. The topological polar surface area (TPSA) is 41.5 Å². The van der Waals surface area contributed by atoms with E-state index >= 15 is 0 Å². The number of rotatable bonds is 5. The minimum atomic E-state index is 0.358. The summed E-state index contributed by atoms with van der Waals surface area (Å²) in [6.45, 7) is 6.99. The zero-order valence-electron chi connectivity index (χ0n) is 12.5. The molecule has 0 atom stereocenters. The summed E-state index contributed by atoms with van der Waals surface area (Å²) in [5.41, 5.74) is 3.73. The van der Waals surface area contributed by atoms with Crippen molar-refractivity contribution in [3.8, 4) is 11.5 Å². The summed E-state index contributed by atoms with van der Waals surface area (Å²) in [5, 5.41) is 13.8. The van der Waals surface area contributed by atoms with Gasteiger partial charge in [0.25, 0.3) is 0 Å². The average molecular weight is 306 g/mol. The number of phenolic OH excluding ortho intramolecular Hbond substituents is 1. The number of benzene rings is 2. The molecule has 0 saturated heterocycles. The van der Waals surface area contributed by atoms with Gasteiger partial charge in [0.2, 0.25) is 0 Å². The van der Waals surface area contributed by atoms with Gasteiger partial charge < -0.3 is 15.2 Å². The van der Waals surface area contributed by atoms with Gasteiger partial charge in [0, 0.05) is 11.6 Å². The normalized spacial score (nSPS) is 10.5. The van der Waals surface area contributed by atoms with E-state index in [2.05, 4.69) is 5.32 Å². The van der Waals surface area contributed by atoms with E-state index in [1.54, 1.807) is 0 Å². The zero-order valence-corrected chi connectivity index (χ0v) is 13.3. The standard InChI is InChI=1S/C17H20ClNO2/c1-4-21-16-6-5-14(18)9-15(16)19-10-13-7-11(2)17(20)12(3)8-13/h5-9,19-20H,4,10H2,1-3H3. The second-order valence-corrected chi connectivity index (χ2v) is 5.44. The Kier molecular flexibility index (Phi) is 4.97. The van der Waals surface area contributed by atoms with E-state index in [-0.39, 0.29) is 0 Å². The molecule has 112 valence electrons. The molecule has 2 rings (SSSR count). The van der Waals surface area contributed by atoms with Crippen LogP contribution in [0.15, 0.2) is 30.3 Å². The van der Waals surface area contributed by atoms with E-state index in [1.165, 1.54) is 0 Å². The summed E-state index contributed by atoms with van der Waals surface area (Å²) in [6.07, 6.45) is 0. The maximum Gasteiger partial charge on any atom is 0.142 e. The number of halogens is 1. The minimum Gasteiger partial charge on any atom is -0.507 e. The second-order valence-electron chi connectivity index (χ2n) is 5.01. The van der Waals surface area contributed by atoms with Crippen LogP contribution in [-0.2, 0) is 6.54 Å². The number of nitrogens with one attached hydrogen (secondary N) is 1. The average Bonchev–Trinajstić information content (AvgIpc) is 2.45. The number of aromatic hydroxyl groups is 1. The Morgan fingerprint density at radius 1 is 1.14 bits per heavy atom. The molecule has 0 radical (unpaired) electrons. The summed E-state index contributed by atoms with van der Waals surface area (Å²) in [7, 11) is 0. The lowest BCUT2D eigenvalue weighted by atomic mass is 10.1. The third-order valence-corrected chi connectivity index (χ3v) is 3.51. The molecule has 0 fully saturated rings. The summed E-state index contributed by atoms with van der Waals surface area (Å²) in [6, 6.07) is 9.47. The molecule has 0 aliphatic rings. The van der Waals surface area contributed by atoms with Crippen LogP contribution in [-0.4, -0.2) is 11.7 Å². The molecule has 2 aromatic rings. The molecule has 2 aromatic carbocycles. The quantitative estimate of drug-likeness (QED) is 0.843. The van der Waals surface area contributed by atoms with Crippen molar-refractivity contribution in [2.45, 2.75) is 27.3 Å². The molecule has 0 unspecified atom stereocenters. The molecule has 21 heavy (non-hydrogen) atoms. The van der Waals surface area contributed by atoms with Crippen molar-refractivity contribution in [1.82, 2.24) is 0 Å². The Morgan fingerprint density at radius 2 is 1.81 bits per heavy atom. The summed E-state index contributed by atoms with van der Waals surface area (Å²) in [4.78, 5) is 0. The number of ether oxygens (including phenoxy) is 1. The highest BCUT2D eigenvalue weighted by Crippen LogP contribution is 2.29. The van der Waals surface area contributed by atoms with E-state index in [0.29, 0.717) is 23.9 Å². The van der Waals surface area contributed by atoms with Crippen LogP contribution in [0.4, 0.5) is 5.69 Å². The third kappa shape index (κ3) is 3.82. The molecule has 0 heterocycles. The van der Waals surface area contributed by atoms with Crippen LogP contribution in [0.5, 0.6) is 11.5 Å². The minimum absolute atomic E-state index is 0.358. The van der Waals surface area contributed by atoms with Crippen LogP contribution < -0.4 is 10.1 Å². The van der Waals surface area contributed by atoms with Crippen LogP contribution >= 0.6 is 11.6 Å². The largest absolute Gasteiger partial charge is 0.507 e. The molecule has 0 aliphatic carbocycles. The van der Waals surface area contributed by atoms with Gasteiger partial charge in [-0.2, -0.15) is 0 Å². The molecule has 4 heteroatoms. The first-order valence-electron chi connectivity index (χ1n) is 6.96. The van der Waals surface area contributed by atoms with E-state index in [9.17, 15) is 5.11 Å². The van der Waals surface area contributed by atoms with E-state index in [4.69, 9.17) is 16.3 Å². The molecular weight excluding hydrogens is 286 g/mol. The van der Waals surface area contributed by atoms with Crippen molar-refractivity contribution in [2.24, 2.45) is 0 Å². The van der Waals surface area contributed by atoms with Crippen molar-refractivity contribution in [1.29, 1.82) is 0 Å². The molecule has 0 saturated carbocycles. The Bertz CT molecular complexity index is 618. The van der Waals surface area contributed by atoms with E-state index in [0.717, 1.165) is 28.1 Å². The lowest BCUT2D eigenvalue weighted by Gasteiger charge is -2.14. The van der Waals surface area contributed by atoms with Gasteiger partial charge in [-0.1, -0.05) is 23.7 Å². The van der Waals surface area contributed by atoms with Crippen molar-refractivity contribution < 1.29 is 9.84 Å². The molecule has 0 spiro atoms. The Labute approximate surface area is 130 Å². The van der Waals surface area contributed by atoms with E-state index < -0.39 is 0 Å². The molecule has 2 N–H and O–H groups in total. The first-order valence-corrected chi connectivity index (χ1v) is 7.34. The van der Waals surface area contributed by atoms with Gasteiger partial charge in [0.05, 0.1) is 12.3 Å². The first-order chi connectivity index (χ1) is 10.0. The molecule has 0 bridgehead atoms. The molecular formula is C17H20ClNO2. The predicted molar refractivity (Wildman–Crippen MR) is 87.5 cm³/mol. The van der Waals surface area contributed by atoms with Crippen LogP contribution in [0.3, 0.4) is 0 Å². The summed E-state index contributed by atoms with van der Waals surface area (Å²) in [5.74, 6) is 1.14. The number of hydrogen-bond donors (Lipinski definition) is 2. The van der Waals surface area contributed by atoms with Crippen molar-refractivity contribution in [3.63, 3.8) is 0 Å². The van der Waals surface area contributed by atoms with Gasteiger partial charge in [0.1, 0.15) is 11.5 Å². The summed E-state index contributed by atoms with van der Waals surface area (Å²) >= 11 is 6.04. The second kappa shape index (κ2) is 6.72. The van der Waals surface area contributed by atoms with Gasteiger partial charge in [-0.3, -0.25) is 0 Å². The van der Waals surface area contributed by atoms with Crippen LogP contribution in [0.25, 0.3) is 0 Å². The van der Waals surface area contributed by atoms with Crippen molar-refractivity contribution in [2.75, 3.05) is 11.9 Å². The van der Waals surface area contributed by atoms with Crippen molar-refractivity contribution >= 4 is 17.3 Å². The highest BCUT2D eigenvalue weighted by molar-refractivity contribution is 6.30. The molecule has 0 aliphatic heterocycles. The van der Waals surface area contributed by atoms with Gasteiger partial charge >= 0.3 is 0 Å². The number of anilines is 1. The van der Waals surface area contributed by atoms with Crippen LogP contribution in [0, 0.1) is 13.8 Å². The number of hydrogen-bond acceptors (Lipinski definition) is 3. The lowest BCUT2D eigenvalue weighted by molar-refractivity contribution is 0.341. The maximum absolute atomic E-state index is 9.81. The Balaban J connectivity index is 2.18. The monoisotopic (exact) mass is 305 g/mol. The summed E-state index contributed by atoms with van der Waals surface area (Å²) < 4.78 is 5.59. The highest BCUT2D eigenvalue weighted by Gasteiger charge is 2.06. The number of aryl methyl sites for hydroxylation is 2. The van der Waals surface area contributed by atoms with Gasteiger partial charge in [-0.05, 0) is 55.7 Å². The first kappa shape index (κ1) is 15.5. The Morgan fingerprint density at radius 3 is 2.43 bits per heavy atom. The fourth-order valence-electron chi connectivity index (χ4n) is 2.27. The molecule has 0 aromatic heterocycles. The van der Waals surface area contributed by atoms with Gasteiger partial charge in [0.15, 0.2) is 0 Å². The maximum atomic E-state index is 9.81. The van der Waals surface area contributed by atoms with Gasteiger partial charge in [-0.25, -0.2) is 0 Å². The van der Waals surface area contributed by atoms with Crippen LogP contribution in [0.2, 0.25) is 5.02 Å². The van der Waals surface area contributed by atoms with Gasteiger partial charge in [-0.15, -0.1) is 0 Å².